The molecule has 1 amide bonds. The van der Waals surface area contributed by atoms with Crippen LogP contribution in [0.25, 0.3) is 21.6 Å². The molecule has 0 spiro atoms. The average molecular weight is 619 g/mol. The van der Waals surface area contributed by atoms with Gasteiger partial charge in [-0.3, -0.25) is 19.1 Å². The van der Waals surface area contributed by atoms with Gasteiger partial charge in [-0.25, -0.2) is 14.4 Å². The minimum Gasteiger partial charge on any atom is -0.480 e. The summed E-state index contributed by atoms with van der Waals surface area (Å²) in [5.41, 5.74) is 12.1. The van der Waals surface area contributed by atoms with Gasteiger partial charge >= 0.3 is 23.7 Å². The van der Waals surface area contributed by atoms with Gasteiger partial charge in [0, 0.05) is 35.4 Å². The summed E-state index contributed by atoms with van der Waals surface area (Å²) in [5.74, 6) is -2.34. The number of H-pyrrole nitrogens is 1. The van der Waals surface area contributed by atoms with E-state index in [4.69, 9.17) is 19.7 Å². The van der Waals surface area contributed by atoms with Crippen LogP contribution >= 0.6 is 0 Å². The molecule has 15 nitrogen and oxygen atoms in total. The van der Waals surface area contributed by atoms with Gasteiger partial charge in [-0.2, -0.15) is 0 Å². The largest absolute Gasteiger partial charge is 0.480 e. The molecule has 0 radical (unpaired) electrons. The molecule has 1 aliphatic heterocycles. The Kier molecular flexibility index (Phi) is 9.31. The van der Waals surface area contributed by atoms with Crippen LogP contribution in [0.3, 0.4) is 0 Å². The third kappa shape index (κ3) is 6.89. The molecule has 1 fully saturated rings. The number of aromatic nitrogens is 2. The Balaban J connectivity index is 1.12. The molecule has 0 unspecified atom stereocenters. The summed E-state index contributed by atoms with van der Waals surface area (Å²) in [6.07, 6.45) is -1.95. The SMILES string of the molecule is Cc1cn([C@H]2C[C@H](N=[N+]=[N-])[C@@H](COC(=O)CC[C@H](NC(=O)OCC3c4ccccc4-c4ccccc43)C(=O)O)O2)c(=O)[nH]c1=O. The second kappa shape index (κ2) is 13.5. The van der Waals surface area contributed by atoms with Crippen LogP contribution in [0.2, 0.25) is 0 Å². The smallest absolute Gasteiger partial charge is 0.407 e. The number of fused-ring (bicyclic) bond motifs is 3. The predicted molar refractivity (Wildman–Crippen MR) is 157 cm³/mol. The third-order valence-corrected chi connectivity index (χ3v) is 7.84. The van der Waals surface area contributed by atoms with Gasteiger partial charge < -0.3 is 24.6 Å². The number of carboxylic acid groups (broad SMARTS) is 1. The van der Waals surface area contributed by atoms with Crippen molar-refractivity contribution in [1.82, 2.24) is 14.9 Å². The maximum absolute atomic E-state index is 12.6. The van der Waals surface area contributed by atoms with Gasteiger partial charge in [0.2, 0.25) is 0 Å². The number of aromatic amines is 1. The van der Waals surface area contributed by atoms with E-state index in [1.807, 2.05) is 48.5 Å². The number of hydrogen-bond donors (Lipinski definition) is 3. The zero-order valence-electron chi connectivity index (χ0n) is 24.1. The van der Waals surface area contributed by atoms with E-state index in [2.05, 4.69) is 20.3 Å². The summed E-state index contributed by atoms with van der Waals surface area (Å²) < 4.78 is 17.6. The van der Waals surface area contributed by atoms with Crippen LogP contribution in [-0.2, 0) is 23.8 Å². The highest BCUT2D eigenvalue weighted by molar-refractivity contribution is 5.81. The molecule has 234 valence electrons. The molecular weight excluding hydrogens is 588 g/mol. The van der Waals surface area contributed by atoms with Crippen LogP contribution < -0.4 is 16.6 Å². The normalized spacial score (nSPS) is 19.1. The number of carboxylic acids is 1. The van der Waals surface area contributed by atoms with Gasteiger partial charge in [0.25, 0.3) is 5.56 Å². The molecule has 2 aliphatic rings. The van der Waals surface area contributed by atoms with Gasteiger partial charge in [0.15, 0.2) is 0 Å². The average Bonchev–Trinajstić information content (AvgIpc) is 3.57. The van der Waals surface area contributed by atoms with E-state index in [9.17, 15) is 29.1 Å². The monoisotopic (exact) mass is 618 g/mol. The van der Waals surface area contributed by atoms with Crippen molar-refractivity contribution in [3.63, 3.8) is 0 Å². The van der Waals surface area contributed by atoms with Crippen molar-refractivity contribution in [1.29, 1.82) is 0 Å². The zero-order valence-corrected chi connectivity index (χ0v) is 24.1. The minimum atomic E-state index is -1.42. The lowest BCUT2D eigenvalue weighted by Gasteiger charge is -2.18. The number of benzene rings is 2. The minimum absolute atomic E-state index is 0.00623. The zero-order chi connectivity index (χ0) is 32.1. The van der Waals surface area contributed by atoms with E-state index in [-0.39, 0.29) is 44.0 Å². The number of amides is 1. The fourth-order valence-corrected chi connectivity index (χ4v) is 5.57. The van der Waals surface area contributed by atoms with Crippen LogP contribution in [0, 0.1) is 6.92 Å². The van der Waals surface area contributed by atoms with Gasteiger partial charge in [-0.15, -0.1) is 0 Å². The van der Waals surface area contributed by atoms with E-state index in [1.54, 1.807) is 0 Å². The number of aryl methyl sites for hydroxylation is 1. The van der Waals surface area contributed by atoms with Gasteiger partial charge in [0.05, 0.1) is 6.04 Å². The molecule has 3 aromatic rings. The topological polar surface area (TPSA) is 215 Å². The van der Waals surface area contributed by atoms with E-state index < -0.39 is 53.7 Å². The first-order valence-electron chi connectivity index (χ1n) is 14.2. The highest BCUT2D eigenvalue weighted by Gasteiger charge is 2.37. The Morgan fingerprint density at radius 1 is 1.11 bits per heavy atom. The van der Waals surface area contributed by atoms with Crippen LogP contribution in [0.4, 0.5) is 4.79 Å². The van der Waals surface area contributed by atoms with Crippen molar-refractivity contribution in [2.75, 3.05) is 13.2 Å². The predicted octanol–water partition coefficient (Wildman–Crippen LogP) is 3.13. The maximum atomic E-state index is 12.6. The number of rotatable bonds is 11. The van der Waals surface area contributed by atoms with Crippen molar-refractivity contribution in [2.45, 2.75) is 56.5 Å². The van der Waals surface area contributed by atoms with Crippen LogP contribution in [0.1, 0.15) is 48.1 Å². The number of azide groups is 1. The van der Waals surface area contributed by atoms with Gasteiger partial charge in [-0.05, 0) is 41.1 Å². The number of nitrogens with one attached hydrogen (secondary N) is 2. The van der Waals surface area contributed by atoms with Crippen LogP contribution in [-0.4, -0.2) is 64.1 Å². The van der Waals surface area contributed by atoms with Crippen molar-refractivity contribution >= 4 is 18.0 Å². The van der Waals surface area contributed by atoms with Crippen molar-refractivity contribution in [3.8, 4) is 11.1 Å². The molecule has 2 heterocycles. The molecule has 5 rings (SSSR count). The van der Waals surface area contributed by atoms with Crippen LogP contribution in [0.5, 0.6) is 0 Å². The Bertz CT molecular complexity index is 1730. The van der Waals surface area contributed by atoms with E-state index >= 15 is 0 Å². The van der Waals surface area contributed by atoms with E-state index in [0.717, 1.165) is 26.8 Å². The van der Waals surface area contributed by atoms with Gasteiger partial charge in [-0.1, -0.05) is 53.6 Å². The molecule has 2 aromatic carbocycles. The fraction of sp³-hybridized carbons (Fsp3) is 0.367. The Labute approximate surface area is 255 Å². The maximum Gasteiger partial charge on any atom is 0.407 e. The highest BCUT2D eigenvalue weighted by atomic mass is 16.6. The van der Waals surface area contributed by atoms with Gasteiger partial charge in [0.1, 0.15) is 31.6 Å². The number of carbonyl (C=O) groups excluding carboxylic acids is 2. The number of carbonyl (C=O) groups is 3. The van der Waals surface area contributed by atoms with Crippen LogP contribution in [0.15, 0.2) is 69.4 Å². The molecule has 45 heavy (non-hydrogen) atoms. The lowest BCUT2D eigenvalue weighted by atomic mass is 9.98. The lowest BCUT2D eigenvalue weighted by molar-refractivity contribution is -0.149. The fourth-order valence-electron chi connectivity index (χ4n) is 5.57. The van der Waals surface area contributed by atoms with E-state index in [1.165, 1.54) is 13.1 Å². The molecule has 0 saturated carbocycles. The third-order valence-electron chi connectivity index (χ3n) is 7.84. The number of esters is 1. The lowest BCUT2D eigenvalue weighted by Crippen LogP contribution is -2.41. The number of aliphatic carboxylic acids is 1. The molecule has 1 aliphatic carbocycles. The van der Waals surface area contributed by atoms with Crippen molar-refractivity contribution in [2.24, 2.45) is 5.11 Å². The molecule has 15 heteroatoms. The molecule has 4 atom stereocenters. The number of ether oxygens (including phenoxy) is 3. The first-order valence-corrected chi connectivity index (χ1v) is 14.2. The molecule has 3 N–H and O–H groups in total. The number of alkyl carbamates (subject to hydrolysis) is 1. The second-order valence-electron chi connectivity index (χ2n) is 10.7. The Morgan fingerprint density at radius 3 is 2.42 bits per heavy atom. The number of hydrogen-bond acceptors (Lipinski definition) is 9. The van der Waals surface area contributed by atoms with E-state index in [0.29, 0.717) is 0 Å². The highest BCUT2D eigenvalue weighted by Crippen LogP contribution is 2.44. The van der Waals surface area contributed by atoms with Crippen molar-refractivity contribution < 1.29 is 33.7 Å². The first-order chi connectivity index (χ1) is 21.7. The van der Waals surface area contributed by atoms with Crippen molar-refractivity contribution in [3.05, 3.63) is 103 Å². The summed E-state index contributed by atoms with van der Waals surface area (Å²) in [6.45, 7) is 1.17. The number of nitrogens with zero attached hydrogens (tertiary/aromatic N) is 4. The quantitative estimate of drug-likeness (QED) is 0.124. The molecule has 1 saturated heterocycles. The molecule has 0 bridgehead atoms. The second-order valence-corrected chi connectivity index (χ2v) is 10.7. The summed E-state index contributed by atoms with van der Waals surface area (Å²) in [4.78, 5) is 65.8. The summed E-state index contributed by atoms with van der Waals surface area (Å²) >= 11 is 0. The summed E-state index contributed by atoms with van der Waals surface area (Å²) in [5, 5.41) is 15.6. The first kappa shape index (κ1) is 31.0. The Morgan fingerprint density at radius 2 is 1.78 bits per heavy atom. The summed E-state index contributed by atoms with van der Waals surface area (Å²) in [7, 11) is 0. The summed E-state index contributed by atoms with van der Waals surface area (Å²) in [6, 6.07) is 13.4. The Hall–Kier alpha value is -5.40. The molecular formula is C30H30N6O9. The molecule has 1 aromatic heterocycles. The standard InChI is InChI=1S/C30H30N6O9/c1-16-13-36(29(41)33-27(16)38)25-12-23(34-35-31)24(45-25)15-43-26(37)11-10-22(28(39)40)32-30(42)44-14-21-19-8-4-2-6-17(19)18-7-3-5-9-20(18)21/h2-9,13,21-25H,10-12,14-15H2,1H3,(H,32,42)(H,39,40)(H,33,38,41)/t22-,23-,24+,25+/m0/s1.